The summed E-state index contributed by atoms with van der Waals surface area (Å²) in [5.41, 5.74) is 0. The molecular formula is C26H52. The molecule has 0 heteroatoms. The van der Waals surface area contributed by atoms with Crippen LogP contribution in [0.1, 0.15) is 149 Å². The topological polar surface area (TPSA) is 0 Å². The molecule has 0 bridgehead atoms. The second-order valence-electron chi connectivity index (χ2n) is 9.62. The Morgan fingerprint density at radius 3 is 1.23 bits per heavy atom. The molecule has 1 aliphatic carbocycles. The Morgan fingerprint density at radius 1 is 0.500 bits per heavy atom. The van der Waals surface area contributed by atoms with E-state index in [1.54, 1.807) is 0 Å². The van der Waals surface area contributed by atoms with Crippen molar-refractivity contribution in [2.24, 2.45) is 17.8 Å². The molecule has 156 valence electrons. The third kappa shape index (κ3) is 12.4. The number of rotatable bonds is 2. The lowest BCUT2D eigenvalue weighted by Crippen LogP contribution is -2.19. The lowest BCUT2D eigenvalue weighted by atomic mass is 9.77. The Balaban J connectivity index is 2.37. The first-order chi connectivity index (χ1) is 12.8. The van der Waals surface area contributed by atoms with Crippen molar-refractivity contribution in [1.29, 1.82) is 0 Å². The van der Waals surface area contributed by atoms with Crippen molar-refractivity contribution in [3.05, 3.63) is 0 Å². The van der Waals surface area contributed by atoms with Crippen molar-refractivity contribution in [2.75, 3.05) is 0 Å². The van der Waals surface area contributed by atoms with Gasteiger partial charge >= 0.3 is 0 Å². The van der Waals surface area contributed by atoms with Crippen LogP contribution < -0.4 is 0 Å². The van der Waals surface area contributed by atoms with Crippen LogP contribution in [-0.4, -0.2) is 0 Å². The highest BCUT2D eigenvalue weighted by Crippen LogP contribution is 2.32. The highest BCUT2D eigenvalue weighted by Gasteiger charge is 2.21. The summed E-state index contributed by atoms with van der Waals surface area (Å²) < 4.78 is 0. The summed E-state index contributed by atoms with van der Waals surface area (Å²) in [6.07, 6.45) is 29.6. The monoisotopic (exact) mass is 364 g/mol. The molecule has 26 heavy (non-hydrogen) atoms. The van der Waals surface area contributed by atoms with Gasteiger partial charge in [-0.25, -0.2) is 0 Å². The minimum absolute atomic E-state index is 0.931. The van der Waals surface area contributed by atoms with E-state index >= 15 is 0 Å². The fourth-order valence-corrected chi connectivity index (χ4v) is 5.12. The molecule has 1 saturated carbocycles. The Morgan fingerprint density at radius 2 is 0.846 bits per heavy atom. The van der Waals surface area contributed by atoms with Gasteiger partial charge in [-0.1, -0.05) is 149 Å². The van der Waals surface area contributed by atoms with Gasteiger partial charge in [0.15, 0.2) is 0 Å². The molecule has 0 spiro atoms. The van der Waals surface area contributed by atoms with Crippen molar-refractivity contribution >= 4 is 0 Å². The molecule has 0 aromatic rings. The summed E-state index contributed by atoms with van der Waals surface area (Å²) >= 11 is 0. The quantitative estimate of drug-likeness (QED) is 0.457. The lowest BCUT2D eigenvalue weighted by molar-refractivity contribution is 0.215. The van der Waals surface area contributed by atoms with E-state index in [9.17, 15) is 0 Å². The Bertz CT molecular complexity index is 282. The maximum atomic E-state index is 2.57. The van der Waals surface area contributed by atoms with Gasteiger partial charge in [-0.05, 0) is 17.8 Å². The van der Waals surface area contributed by atoms with E-state index in [1.165, 1.54) is 128 Å². The van der Waals surface area contributed by atoms with Crippen LogP contribution in [0.15, 0.2) is 0 Å². The second kappa shape index (κ2) is 17.1. The summed E-state index contributed by atoms with van der Waals surface area (Å²) in [6.45, 7) is 7.50. The fraction of sp³-hybridized carbons (Fsp3) is 1.00. The fourth-order valence-electron chi connectivity index (χ4n) is 5.12. The van der Waals surface area contributed by atoms with Crippen molar-refractivity contribution in [3.8, 4) is 0 Å². The molecule has 3 unspecified atom stereocenters. The van der Waals surface area contributed by atoms with E-state index in [0.717, 1.165) is 17.8 Å². The minimum atomic E-state index is 0.931. The smallest absolute Gasteiger partial charge is 0.0386 e. The molecule has 0 aromatic heterocycles. The van der Waals surface area contributed by atoms with Crippen LogP contribution in [-0.2, 0) is 0 Å². The SMILES string of the molecule is CCCC1CCCCCCCCCCCCCCCCCCC(C)C1C. The van der Waals surface area contributed by atoms with Crippen molar-refractivity contribution in [1.82, 2.24) is 0 Å². The highest BCUT2D eigenvalue weighted by atomic mass is 14.3. The predicted octanol–water partition coefficient (Wildman–Crippen LogP) is 9.71. The van der Waals surface area contributed by atoms with E-state index in [4.69, 9.17) is 0 Å². The van der Waals surface area contributed by atoms with Crippen LogP contribution in [0.2, 0.25) is 0 Å². The lowest BCUT2D eigenvalue weighted by Gasteiger charge is -2.29. The van der Waals surface area contributed by atoms with E-state index < -0.39 is 0 Å². The molecule has 0 amide bonds. The molecule has 0 N–H and O–H groups in total. The van der Waals surface area contributed by atoms with E-state index in [1.807, 2.05) is 0 Å². The number of hydrogen-bond acceptors (Lipinski definition) is 0. The highest BCUT2D eigenvalue weighted by molar-refractivity contribution is 4.72. The molecular weight excluding hydrogens is 312 g/mol. The van der Waals surface area contributed by atoms with Gasteiger partial charge in [0.1, 0.15) is 0 Å². The first-order valence-electron chi connectivity index (χ1n) is 12.8. The zero-order chi connectivity index (χ0) is 18.9. The van der Waals surface area contributed by atoms with Gasteiger partial charge in [0.2, 0.25) is 0 Å². The summed E-state index contributed by atoms with van der Waals surface area (Å²) in [4.78, 5) is 0. The maximum absolute atomic E-state index is 2.57. The van der Waals surface area contributed by atoms with Gasteiger partial charge in [0.25, 0.3) is 0 Å². The van der Waals surface area contributed by atoms with Gasteiger partial charge in [-0.15, -0.1) is 0 Å². The van der Waals surface area contributed by atoms with Gasteiger partial charge in [-0.3, -0.25) is 0 Å². The van der Waals surface area contributed by atoms with Crippen molar-refractivity contribution < 1.29 is 0 Å². The standard InChI is InChI=1S/C26H52/c1-4-21-26-23-20-18-16-14-12-10-8-6-5-7-9-11-13-15-17-19-22-24(2)25(26)3/h24-26H,4-23H2,1-3H3. The Labute approximate surface area is 167 Å². The maximum Gasteiger partial charge on any atom is -0.0386 e. The zero-order valence-electron chi connectivity index (χ0n) is 18.9. The van der Waals surface area contributed by atoms with E-state index in [2.05, 4.69) is 20.8 Å². The Kier molecular flexibility index (Phi) is 15.8. The van der Waals surface area contributed by atoms with Gasteiger partial charge in [0.05, 0.1) is 0 Å². The largest absolute Gasteiger partial charge is 0.0654 e. The summed E-state index contributed by atoms with van der Waals surface area (Å²) in [5, 5.41) is 0. The van der Waals surface area contributed by atoms with Gasteiger partial charge < -0.3 is 0 Å². The third-order valence-corrected chi connectivity index (χ3v) is 7.28. The third-order valence-electron chi connectivity index (χ3n) is 7.28. The zero-order valence-corrected chi connectivity index (χ0v) is 18.9. The molecule has 0 heterocycles. The normalized spacial score (nSPS) is 30.3. The van der Waals surface area contributed by atoms with E-state index in [-0.39, 0.29) is 0 Å². The molecule has 0 nitrogen and oxygen atoms in total. The van der Waals surface area contributed by atoms with E-state index in [0.29, 0.717) is 0 Å². The Hall–Kier alpha value is 0. The minimum Gasteiger partial charge on any atom is -0.0654 e. The van der Waals surface area contributed by atoms with Gasteiger partial charge in [0, 0.05) is 0 Å². The van der Waals surface area contributed by atoms with Crippen LogP contribution in [0.25, 0.3) is 0 Å². The van der Waals surface area contributed by atoms with Crippen molar-refractivity contribution in [3.63, 3.8) is 0 Å². The van der Waals surface area contributed by atoms with Crippen LogP contribution >= 0.6 is 0 Å². The molecule has 1 fully saturated rings. The van der Waals surface area contributed by atoms with Crippen molar-refractivity contribution in [2.45, 2.75) is 149 Å². The molecule has 0 aliphatic heterocycles. The van der Waals surface area contributed by atoms with Crippen LogP contribution in [0.5, 0.6) is 0 Å². The molecule has 0 saturated heterocycles. The predicted molar refractivity (Wildman–Crippen MR) is 120 cm³/mol. The second-order valence-corrected chi connectivity index (χ2v) is 9.62. The molecule has 0 radical (unpaired) electrons. The van der Waals surface area contributed by atoms with Crippen LogP contribution in [0, 0.1) is 17.8 Å². The summed E-state index contributed by atoms with van der Waals surface area (Å²) in [7, 11) is 0. The summed E-state index contributed by atoms with van der Waals surface area (Å²) in [5.74, 6) is 2.86. The van der Waals surface area contributed by atoms with Crippen LogP contribution in [0.3, 0.4) is 0 Å². The first kappa shape index (κ1) is 24.0. The van der Waals surface area contributed by atoms with Crippen LogP contribution in [0.4, 0.5) is 0 Å². The molecule has 1 aliphatic rings. The molecule has 1 rings (SSSR count). The number of hydrogen-bond donors (Lipinski definition) is 0. The summed E-state index contributed by atoms with van der Waals surface area (Å²) in [6, 6.07) is 0. The molecule has 3 atom stereocenters. The average molecular weight is 365 g/mol. The molecule has 0 aromatic carbocycles. The average Bonchev–Trinajstić information content (AvgIpc) is 2.64. The first-order valence-corrected chi connectivity index (χ1v) is 12.8. The van der Waals surface area contributed by atoms with Gasteiger partial charge in [-0.2, -0.15) is 0 Å².